The van der Waals surface area contributed by atoms with Crippen LogP contribution in [-0.2, 0) is 17.6 Å². The van der Waals surface area contributed by atoms with Crippen LogP contribution in [0.4, 0.5) is 5.82 Å². The highest BCUT2D eigenvalue weighted by molar-refractivity contribution is 5.81. The van der Waals surface area contributed by atoms with Crippen molar-refractivity contribution in [1.29, 1.82) is 0 Å². The largest absolute Gasteiger partial charge is 0.361 e. The third-order valence-corrected chi connectivity index (χ3v) is 4.25. The standard InChI is InChI=1S/C15H23N5O/c21-14(20-8-6-16-7-9-20)10-17-15-12-4-2-1-3-5-13(12)18-11-19-15/h11,16H,1-10H2,(H,17,18,19). The predicted octanol–water partition coefficient (Wildman–Crippen LogP) is 0.589. The molecule has 0 bridgehead atoms. The van der Waals surface area contributed by atoms with Crippen molar-refractivity contribution in [3.8, 4) is 0 Å². The van der Waals surface area contributed by atoms with Gasteiger partial charge in [-0.15, -0.1) is 0 Å². The van der Waals surface area contributed by atoms with Gasteiger partial charge in [0.15, 0.2) is 0 Å². The van der Waals surface area contributed by atoms with E-state index in [1.165, 1.54) is 24.8 Å². The molecule has 1 saturated heterocycles. The Bertz CT molecular complexity index is 499. The molecule has 0 saturated carbocycles. The molecule has 0 atom stereocenters. The van der Waals surface area contributed by atoms with Crippen molar-refractivity contribution in [2.24, 2.45) is 0 Å². The van der Waals surface area contributed by atoms with E-state index in [1.54, 1.807) is 6.33 Å². The molecule has 0 spiro atoms. The molecular formula is C15H23N5O. The molecule has 2 N–H and O–H groups in total. The molecule has 1 aromatic rings. The number of rotatable bonds is 3. The van der Waals surface area contributed by atoms with Crippen molar-refractivity contribution >= 4 is 11.7 Å². The number of hydrogen-bond donors (Lipinski definition) is 2. The Balaban J connectivity index is 1.63. The van der Waals surface area contributed by atoms with Crippen molar-refractivity contribution in [1.82, 2.24) is 20.2 Å². The van der Waals surface area contributed by atoms with Crippen molar-refractivity contribution in [2.45, 2.75) is 32.1 Å². The van der Waals surface area contributed by atoms with Crippen LogP contribution in [0.1, 0.15) is 30.5 Å². The molecule has 1 amide bonds. The molecule has 1 aliphatic heterocycles. The summed E-state index contributed by atoms with van der Waals surface area (Å²) in [5.74, 6) is 1.00. The van der Waals surface area contributed by atoms with Crippen LogP contribution >= 0.6 is 0 Å². The number of anilines is 1. The van der Waals surface area contributed by atoms with E-state index in [0.717, 1.165) is 50.5 Å². The van der Waals surface area contributed by atoms with Crippen molar-refractivity contribution < 1.29 is 4.79 Å². The molecule has 21 heavy (non-hydrogen) atoms. The summed E-state index contributed by atoms with van der Waals surface area (Å²) in [4.78, 5) is 22.9. The van der Waals surface area contributed by atoms with Gasteiger partial charge in [0.05, 0.1) is 6.54 Å². The summed E-state index contributed by atoms with van der Waals surface area (Å²) in [5, 5.41) is 6.49. The maximum atomic E-state index is 12.2. The van der Waals surface area contributed by atoms with Crippen LogP contribution in [0.15, 0.2) is 6.33 Å². The van der Waals surface area contributed by atoms with Gasteiger partial charge in [-0.2, -0.15) is 0 Å². The summed E-state index contributed by atoms with van der Waals surface area (Å²) in [6.45, 7) is 3.68. The van der Waals surface area contributed by atoms with Gasteiger partial charge in [-0.1, -0.05) is 6.42 Å². The zero-order chi connectivity index (χ0) is 14.5. The minimum atomic E-state index is 0.150. The molecule has 0 radical (unpaired) electrons. The van der Waals surface area contributed by atoms with Gasteiger partial charge in [-0.3, -0.25) is 4.79 Å². The number of aryl methyl sites for hydroxylation is 1. The van der Waals surface area contributed by atoms with Crippen molar-refractivity contribution in [3.05, 3.63) is 17.6 Å². The maximum absolute atomic E-state index is 12.2. The van der Waals surface area contributed by atoms with E-state index in [2.05, 4.69) is 20.6 Å². The SMILES string of the molecule is O=C(CNc1ncnc2c1CCCCC2)N1CCNCC1. The molecule has 0 unspecified atom stereocenters. The molecule has 1 aromatic heterocycles. The summed E-state index contributed by atoms with van der Waals surface area (Å²) in [6.07, 6.45) is 7.28. The number of piperazine rings is 1. The summed E-state index contributed by atoms with van der Waals surface area (Å²) >= 11 is 0. The van der Waals surface area contributed by atoms with E-state index in [4.69, 9.17) is 0 Å². The number of carbonyl (C=O) groups is 1. The summed E-state index contributed by atoms with van der Waals surface area (Å²) < 4.78 is 0. The average Bonchev–Trinajstić information content (AvgIpc) is 2.79. The number of carbonyl (C=O) groups excluding carboxylic acids is 1. The van der Waals surface area contributed by atoms with Crippen LogP contribution in [0.3, 0.4) is 0 Å². The van der Waals surface area contributed by atoms with Crippen LogP contribution in [-0.4, -0.2) is 53.5 Å². The second-order valence-corrected chi connectivity index (χ2v) is 5.69. The lowest BCUT2D eigenvalue weighted by atomic mass is 10.1. The molecule has 1 aliphatic carbocycles. The molecule has 1 fully saturated rings. The van der Waals surface area contributed by atoms with Crippen LogP contribution in [0.25, 0.3) is 0 Å². The Labute approximate surface area is 125 Å². The quantitative estimate of drug-likeness (QED) is 0.797. The molecule has 6 nitrogen and oxygen atoms in total. The highest BCUT2D eigenvalue weighted by Crippen LogP contribution is 2.23. The number of nitrogens with zero attached hydrogens (tertiary/aromatic N) is 3. The predicted molar refractivity (Wildman–Crippen MR) is 81.2 cm³/mol. The molecule has 0 aromatic carbocycles. The fraction of sp³-hybridized carbons (Fsp3) is 0.667. The Morgan fingerprint density at radius 1 is 1.19 bits per heavy atom. The zero-order valence-corrected chi connectivity index (χ0v) is 12.4. The second-order valence-electron chi connectivity index (χ2n) is 5.69. The zero-order valence-electron chi connectivity index (χ0n) is 12.4. The second kappa shape index (κ2) is 6.85. The maximum Gasteiger partial charge on any atom is 0.242 e. The third kappa shape index (κ3) is 3.50. The topological polar surface area (TPSA) is 70.2 Å². The van der Waals surface area contributed by atoms with Crippen LogP contribution in [0.5, 0.6) is 0 Å². The first-order valence-electron chi connectivity index (χ1n) is 7.90. The smallest absolute Gasteiger partial charge is 0.242 e. The lowest BCUT2D eigenvalue weighted by molar-refractivity contribution is -0.129. The van der Waals surface area contributed by atoms with E-state index < -0.39 is 0 Å². The van der Waals surface area contributed by atoms with Gasteiger partial charge in [0.1, 0.15) is 12.1 Å². The van der Waals surface area contributed by atoms with E-state index >= 15 is 0 Å². The van der Waals surface area contributed by atoms with E-state index in [0.29, 0.717) is 6.54 Å². The number of hydrogen-bond acceptors (Lipinski definition) is 5. The Hall–Kier alpha value is -1.69. The van der Waals surface area contributed by atoms with E-state index in [-0.39, 0.29) is 5.91 Å². The fourth-order valence-corrected chi connectivity index (χ4v) is 3.04. The van der Waals surface area contributed by atoms with Gasteiger partial charge in [0.2, 0.25) is 5.91 Å². The lowest BCUT2D eigenvalue weighted by Crippen LogP contribution is -2.48. The molecule has 2 heterocycles. The summed E-state index contributed by atoms with van der Waals surface area (Å²) in [5.41, 5.74) is 2.36. The Morgan fingerprint density at radius 3 is 2.86 bits per heavy atom. The van der Waals surface area contributed by atoms with Crippen LogP contribution in [0.2, 0.25) is 0 Å². The highest BCUT2D eigenvalue weighted by atomic mass is 16.2. The average molecular weight is 289 g/mol. The van der Waals surface area contributed by atoms with Gasteiger partial charge in [0.25, 0.3) is 0 Å². The number of fused-ring (bicyclic) bond motifs is 1. The minimum absolute atomic E-state index is 0.150. The Kier molecular flexibility index (Phi) is 4.65. The molecule has 114 valence electrons. The van der Waals surface area contributed by atoms with Gasteiger partial charge < -0.3 is 15.5 Å². The Morgan fingerprint density at radius 2 is 2.00 bits per heavy atom. The van der Waals surface area contributed by atoms with Gasteiger partial charge in [-0.05, 0) is 25.7 Å². The minimum Gasteiger partial charge on any atom is -0.361 e. The highest BCUT2D eigenvalue weighted by Gasteiger charge is 2.18. The molecule has 2 aliphatic rings. The molecular weight excluding hydrogens is 266 g/mol. The van der Waals surface area contributed by atoms with E-state index in [1.807, 2.05) is 4.90 Å². The number of aromatic nitrogens is 2. The lowest BCUT2D eigenvalue weighted by Gasteiger charge is -2.27. The van der Waals surface area contributed by atoms with E-state index in [9.17, 15) is 4.79 Å². The van der Waals surface area contributed by atoms with Gasteiger partial charge >= 0.3 is 0 Å². The van der Waals surface area contributed by atoms with Gasteiger partial charge in [0, 0.05) is 37.4 Å². The summed E-state index contributed by atoms with van der Waals surface area (Å²) in [7, 11) is 0. The first kappa shape index (κ1) is 14.3. The summed E-state index contributed by atoms with van der Waals surface area (Å²) in [6, 6.07) is 0. The first-order chi connectivity index (χ1) is 10.3. The monoisotopic (exact) mass is 289 g/mol. The number of amides is 1. The molecule has 6 heteroatoms. The van der Waals surface area contributed by atoms with Gasteiger partial charge in [-0.25, -0.2) is 9.97 Å². The molecule has 3 rings (SSSR count). The van der Waals surface area contributed by atoms with Crippen LogP contribution < -0.4 is 10.6 Å². The first-order valence-corrected chi connectivity index (χ1v) is 7.90. The normalized spacial score (nSPS) is 18.8. The van der Waals surface area contributed by atoms with Crippen molar-refractivity contribution in [2.75, 3.05) is 38.0 Å². The number of nitrogens with one attached hydrogen (secondary N) is 2. The fourth-order valence-electron chi connectivity index (χ4n) is 3.04. The van der Waals surface area contributed by atoms with Crippen molar-refractivity contribution in [3.63, 3.8) is 0 Å². The van der Waals surface area contributed by atoms with Crippen LogP contribution in [0, 0.1) is 0 Å². The third-order valence-electron chi connectivity index (χ3n) is 4.25.